The number of benzene rings is 1. The molecule has 38 heavy (non-hydrogen) atoms. The molecule has 3 aromatic rings. The number of rotatable bonds is 10. The van der Waals surface area contributed by atoms with Crippen LogP contribution in [0.4, 0.5) is 0 Å². The van der Waals surface area contributed by atoms with Gasteiger partial charge < -0.3 is 14.6 Å². The highest BCUT2D eigenvalue weighted by Crippen LogP contribution is 2.27. The maximum absolute atomic E-state index is 13.8. The fourth-order valence-corrected chi connectivity index (χ4v) is 4.90. The lowest BCUT2D eigenvalue weighted by Gasteiger charge is -2.25. The van der Waals surface area contributed by atoms with Crippen molar-refractivity contribution in [3.05, 3.63) is 59.4 Å². The Balaban J connectivity index is 1.72. The molecule has 2 aromatic heterocycles. The van der Waals surface area contributed by atoms with E-state index in [-0.39, 0.29) is 5.91 Å². The number of nitrogens with one attached hydrogen (secondary N) is 1. The van der Waals surface area contributed by atoms with Crippen LogP contribution in [0.5, 0.6) is 0 Å². The number of amides is 1. The van der Waals surface area contributed by atoms with Crippen LogP contribution in [0.2, 0.25) is 0 Å². The third-order valence-corrected chi connectivity index (χ3v) is 7.30. The lowest BCUT2D eigenvalue weighted by molar-refractivity contribution is 0.0740. The number of nitrogens with zero attached hydrogens (tertiary/aromatic N) is 5. The van der Waals surface area contributed by atoms with Gasteiger partial charge in [-0.2, -0.15) is 5.26 Å². The van der Waals surface area contributed by atoms with Crippen LogP contribution < -0.4 is 5.32 Å². The van der Waals surface area contributed by atoms with E-state index in [2.05, 4.69) is 48.4 Å². The van der Waals surface area contributed by atoms with Gasteiger partial charge in [-0.15, -0.1) is 0 Å². The van der Waals surface area contributed by atoms with Crippen molar-refractivity contribution in [1.82, 2.24) is 24.5 Å². The summed E-state index contributed by atoms with van der Waals surface area (Å²) < 4.78 is 2.11. The first-order valence-electron chi connectivity index (χ1n) is 14.1. The summed E-state index contributed by atoms with van der Waals surface area (Å²) in [5, 5.41) is 12.7. The molecule has 0 unspecified atom stereocenters. The van der Waals surface area contributed by atoms with E-state index in [4.69, 9.17) is 4.98 Å². The highest BCUT2D eigenvalue weighted by atomic mass is 16.2. The number of pyridine rings is 1. The molecule has 4 rings (SSSR count). The van der Waals surface area contributed by atoms with Gasteiger partial charge in [-0.05, 0) is 68.5 Å². The van der Waals surface area contributed by atoms with Gasteiger partial charge in [-0.3, -0.25) is 9.69 Å². The van der Waals surface area contributed by atoms with E-state index in [0.29, 0.717) is 23.0 Å². The number of hydrogen-bond donors (Lipinski definition) is 1. The molecule has 1 fully saturated rings. The average molecular weight is 515 g/mol. The molecule has 7 heteroatoms. The summed E-state index contributed by atoms with van der Waals surface area (Å²) in [7, 11) is 0. The lowest BCUT2D eigenvalue weighted by atomic mass is 10.1. The first kappa shape index (κ1) is 27.8. The van der Waals surface area contributed by atoms with Crippen LogP contribution in [-0.2, 0) is 6.54 Å². The van der Waals surface area contributed by atoms with Crippen LogP contribution in [0, 0.1) is 23.2 Å². The monoisotopic (exact) mass is 514 g/mol. The van der Waals surface area contributed by atoms with Crippen LogP contribution >= 0.6 is 0 Å². The summed E-state index contributed by atoms with van der Waals surface area (Å²) in [6, 6.07) is 13.7. The SMILES string of the molecule is CC(C)CCN(CCC(C)C)C(=O)c1ccc2nc(-c3ccc(C#N)cc3)c(CN3CCCNCC3)n2c1. The van der Waals surface area contributed by atoms with Crippen LogP contribution in [0.3, 0.4) is 0 Å². The Kier molecular flexibility index (Phi) is 9.54. The molecule has 1 aliphatic heterocycles. The van der Waals surface area contributed by atoms with Crippen LogP contribution in [0.25, 0.3) is 16.9 Å². The Morgan fingerprint density at radius 2 is 1.74 bits per heavy atom. The Labute approximate surface area is 227 Å². The largest absolute Gasteiger partial charge is 0.339 e. The van der Waals surface area contributed by atoms with Crippen molar-refractivity contribution in [3.8, 4) is 17.3 Å². The summed E-state index contributed by atoms with van der Waals surface area (Å²) >= 11 is 0. The number of imidazole rings is 1. The van der Waals surface area contributed by atoms with Gasteiger partial charge in [0.2, 0.25) is 0 Å². The summed E-state index contributed by atoms with van der Waals surface area (Å²) in [5.74, 6) is 1.18. The maximum atomic E-state index is 13.8. The van der Waals surface area contributed by atoms with E-state index in [1.54, 1.807) is 0 Å². The maximum Gasteiger partial charge on any atom is 0.255 e. The molecule has 1 saturated heterocycles. The zero-order chi connectivity index (χ0) is 27.1. The number of carbonyl (C=O) groups is 1. The molecule has 1 aromatic carbocycles. The summed E-state index contributed by atoms with van der Waals surface area (Å²) in [5.41, 5.74) is 5.14. The molecule has 3 heterocycles. The molecule has 0 bridgehead atoms. The number of hydrogen-bond acceptors (Lipinski definition) is 5. The number of aromatic nitrogens is 2. The second-order valence-corrected chi connectivity index (χ2v) is 11.3. The molecular formula is C31H42N6O. The molecule has 0 atom stereocenters. The normalized spacial score (nSPS) is 14.7. The average Bonchev–Trinajstić information content (AvgIpc) is 3.06. The van der Waals surface area contributed by atoms with Crippen LogP contribution in [0.15, 0.2) is 42.6 Å². The van der Waals surface area contributed by atoms with Gasteiger partial charge in [0.15, 0.2) is 0 Å². The first-order chi connectivity index (χ1) is 18.4. The van der Waals surface area contributed by atoms with Crippen molar-refractivity contribution in [2.45, 2.75) is 53.5 Å². The van der Waals surface area contributed by atoms with Crippen molar-refractivity contribution >= 4 is 11.6 Å². The van der Waals surface area contributed by atoms with Gasteiger partial charge in [0, 0.05) is 44.5 Å². The fraction of sp³-hybridized carbons (Fsp3) is 0.516. The zero-order valence-corrected chi connectivity index (χ0v) is 23.4. The highest BCUT2D eigenvalue weighted by molar-refractivity contribution is 5.94. The number of carbonyl (C=O) groups excluding carboxylic acids is 1. The molecule has 202 valence electrons. The summed E-state index contributed by atoms with van der Waals surface area (Å²) in [6.45, 7) is 15.1. The molecule has 0 radical (unpaired) electrons. The first-order valence-corrected chi connectivity index (χ1v) is 14.1. The third-order valence-electron chi connectivity index (χ3n) is 7.30. The van der Waals surface area contributed by atoms with Gasteiger partial charge in [0.25, 0.3) is 5.91 Å². The van der Waals surface area contributed by atoms with E-state index < -0.39 is 0 Å². The van der Waals surface area contributed by atoms with Gasteiger partial charge in [0.1, 0.15) is 5.65 Å². The topological polar surface area (TPSA) is 76.7 Å². The molecule has 1 amide bonds. The Bertz CT molecular complexity index is 1230. The highest BCUT2D eigenvalue weighted by Gasteiger charge is 2.21. The second kappa shape index (κ2) is 13.0. The van der Waals surface area contributed by atoms with E-state index in [1.807, 2.05) is 47.5 Å². The molecule has 0 saturated carbocycles. The van der Waals surface area contributed by atoms with Gasteiger partial charge in [-0.1, -0.05) is 39.8 Å². The minimum absolute atomic E-state index is 0.0896. The molecule has 0 spiro atoms. The summed E-state index contributed by atoms with van der Waals surface area (Å²) in [4.78, 5) is 23.2. The molecule has 7 nitrogen and oxygen atoms in total. The van der Waals surface area contributed by atoms with Gasteiger partial charge >= 0.3 is 0 Å². The van der Waals surface area contributed by atoms with E-state index in [0.717, 1.165) is 87.7 Å². The number of fused-ring (bicyclic) bond motifs is 1. The quantitative estimate of drug-likeness (QED) is 0.402. The van der Waals surface area contributed by atoms with E-state index in [9.17, 15) is 10.1 Å². The molecular weight excluding hydrogens is 472 g/mol. The minimum Gasteiger partial charge on any atom is -0.339 e. The van der Waals surface area contributed by atoms with Crippen molar-refractivity contribution in [2.75, 3.05) is 39.3 Å². The zero-order valence-electron chi connectivity index (χ0n) is 23.4. The van der Waals surface area contributed by atoms with E-state index >= 15 is 0 Å². The van der Waals surface area contributed by atoms with E-state index in [1.165, 1.54) is 0 Å². The fourth-order valence-electron chi connectivity index (χ4n) is 4.90. The van der Waals surface area contributed by atoms with Crippen LogP contribution in [-0.4, -0.2) is 64.4 Å². The smallest absolute Gasteiger partial charge is 0.255 e. The van der Waals surface area contributed by atoms with Crippen LogP contribution in [0.1, 0.15) is 68.6 Å². The number of nitriles is 1. The lowest BCUT2D eigenvalue weighted by Crippen LogP contribution is -2.34. The Morgan fingerprint density at radius 1 is 1.03 bits per heavy atom. The molecule has 1 aliphatic rings. The van der Waals surface area contributed by atoms with Crippen molar-refractivity contribution in [2.24, 2.45) is 11.8 Å². The standard InChI is InChI=1S/C31H42N6O/c1-23(2)12-17-36(18-13-24(3)4)31(38)27-10-11-29-34-30(26-8-6-25(20-32)7-9-26)28(37(29)21-27)22-35-16-5-14-33-15-19-35/h6-11,21,23-24,33H,5,12-19,22H2,1-4H3. The van der Waals surface area contributed by atoms with Crippen molar-refractivity contribution < 1.29 is 4.79 Å². The Morgan fingerprint density at radius 3 is 2.39 bits per heavy atom. The molecule has 1 N–H and O–H groups in total. The van der Waals surface area contributed by atoms with Gasteiger partial charge in [-0.25, -0.2) is 4.98 Å². The van der Waals surface area contributed by atoms with Crippen molar-refractivity contribution in [1.29, 1.82) is 5.26 Å². The second-order valence-electron chi connectivity index (χ2n) is 11.3. The third kappa shape index (κ3) is 7.00. The van der Waals surface area contributed by atoms with Gasteiger partial charge in [0.05, 0.1) is 28.6 Å². The predicted octanol–water partition coefficient (Wildman–Crippen LogP) is 5.20. The van der Waals surface area contributed by atoms with Crippen molar-refractivity contribution in [3.63, 3.8) is 0 Å². The Hall–Kier alpha value is -3.21. The predicted molar refractivity (Wildman–Crippen MR) is 153 cm³/mol. The summed E-state index contributed by atoms with van der Waals surface area (Å²) in [6.07, 6.45) is 5.08. The minimum atomic E-state index is 0.0896. The molecule has 0 aliphatic carbocycles.